The third-order valence-corrected chi connectivity index (χ3v) is 14.8. The summed E-state index contributed by atoms with van der Waals surface area (Å²) < 4.78 is 2.63. The second kappa shape index (κ2) is 13.3. The van der Waals surface area contributed by atoms with Crippen molar-refractivity contribution >= 4 is 48.6 Å². The van der Waals surface area contributed by atoms with Gasteiger partial charge in [-0.15, -0.1) is 11.3 Å². The van der Waals surface area contributed by atoms with Gasteiger partial charge in [0.1, 0.15) is 0 Å². The number of benzene rings is 9. The largest absolute Gasteiger partial charge is 0.310 e. The van der Waals surface area contributed by atoms with Crippen LogP contribution >= 0.6 is 11.3 Å². The Morgan fingerprint density at radius 2 is 0.817 bits per heavy atom. The fourth-order valence-electron chi connectivity index (χ4n) is 10.7. The minimum atomic E-state index is -0.322. The summed E-state index contributed by atoms with van der Waals surface area (Å²) >= 11 is 1.87. The highest BCUT2D eigenvalue weighted by Gasteiger charge is 2.43. The fourth-order valence-corrected chi connectivity index (χ4v) is 11.8. The summed E-state index contributed by atoms with van der Waals surface area (Å²) in [4.78, 5) is 2.50. The molecule has 284 valence electrons. The van der Waals surface area contributed by atoms with Gasteiger partial charge in [-0.3, -0.25) is 0 Å². The summed E-state index contributed by atoms with van der Waals surface area (Å²) in [5.74, 6) is 0. The van der Waals surface area contributed by atoms with E-state index in [9.17, 15) is 0 Å². The maximum Gasteiger partial charge on any atom is 0.0467 e. The molecule has 9 aromatic carbocycles. The van der Waals surface area contributed by atoms with Gasteiger partial charge < -0.3 is 4.90 Å². The Kier molecular flexibility index (Phi) is 7.73. The van der Waals surface area contributed by atoms with Crippen LogP contribution in [0.1, 0.15) is 47.2 Å². The first kappa shape index (κ1) is 35.0. The van der Waals surface area contributed by atoms with Crippen LogP contribution in [0.2, 0.25) is 0 Å². The van der Waals surface area contributed by atoms with Crippen molar-refractivity contribution in [3.05, 3.63) is 246 Å². The molecule has 0 spiro atoms. The van der Waals surface area contributed by atoms with E-state index in [1.165, 1.54) is 86.9 Å². The van der Waals surface area contributed by atoms with Gasteiger partial charge >= 0.3 is 0 Å². The molecule has 2 unspecified atom stereocenters. The van der Waals surface area contributed by atoms with Crippen molar-refractivity contribution in [1.29, 1.82) is 0 Å². The van der Waals surface area contributed by atoms with E-state index in [4.69, 9.17) is 0 Å². The minimum Gasteiger partial charge on any atom is -0.310 e. The van der Waals surface area contributed by atoms with Crippen molar-refractivity contribution in [3.8, 4) is 33.4 Å². The molecule has 0 fully saturated rings. The van der Waals surface area contributed by atoms with E-state index in [0.717, 1.165) is 17.1 Å². The summed E-state index contributed by atoms with van der Waals surface area (Å²) in [5, 5.41) is 2.64. The zero-order valence-electron chi connectivity index (χ0n) is 33.6. The van der Waals surface area contributed by atoms with Gasteiger partial charge in [-0.1, -0.05) is 164 Å². The Bertz CT molecular complexity index is 3160. The van der Waals surface area contributed by atoms with Crippen molar-refractivity contribution in [2.24, 2.45) is 0 Å². The monoisotopic (exact) mass is 783 g/mol. The Morgan fingerprint density at radius 1 is 0.350 bits per heavy atom. The molecule has 2 aliphatic carbocycles. The predicted octanol–water partition coefficient (Wildman–Crippen LogP) is 15.9. The molecule has 2 heteroatoms. The molecule has 1 aromatic heterocycles. The molecule has 0 bridgehead atoms. The maximum absolute atomic E-state index is 2.50. The van der Waals surface area contributed by atoms with Gasteiger partial charge in [0.15, 0.2) is 0 Å². The van der Waals surface area contributed by atoms with E-state index < -0.39 is 0 Å². The molecular weight excluding hydrogens is 743 g/mol. The van der Waals surface area contributed by atoms with Gasteiger partial charge in [-0.05, 0) is 129 Å². The Labute approximate surface area is 355 Å². The molecule has 1 heterocycles. The summed E-state index contributed by atoms with van der Waals surface area (Å²) in [6.07, 6.45) is 0. The summed E-state index contributed by atoms with van der Waals surface area (Å²) in [5.41, 5.74) is 18.4. The highest BCUT2D eigenvalue weighted by Crippen LogP contribution is 2.56. The molecule has 0 aliphatic heterocycles. The molecule has 2 atom stereocenters. The van der Waals surface area contributed by atoms with Crippen molar-refractivity contribution in [2.75, 3.05) is 4.90 Å². The topological polar surface area (TPSA) is 3.24 Å². The van der Waals surface area contributed by atoms with Gasteiger partial charge in [-0.25, -0.2) is 0 Å². The molecule has 60 heavy (non-hydrogen) atoms. The van der Waals surface area contributed by atoms with Gasteiger partial charge in [-0.2, -0.15) is 0 Å². The van der Waals surface area contributed by atoms with E-state index in [1.807, 2.05) is 11.3 Å². The highest BCUT2D eigenvalue weighted by atomic mass is 32.1. The smallest absolute Gasteiger partial charge is 0.0467 e. The third-order valence-electron chi connectivity index (χ3n) is 13.6. The van der Waals surface area contributed by atoms with E-state index in [-0.39, 0.29) is 10.8 Å². The summed E-state index contributed by atoms with van der Waals surface area (Å²) in [6, 6.07) is 79.2. The zero-order chi connectivity index (χ0) is 40.0. The van der Waals surface area contributed by atoms with Crippen LogP contribution < -0.4 is 4.90 Å². The molecule has 0 radical (unpaired) electrons. The molecule has 0 N–H and O–H groups in total. The van der Waals surface area contributed by atoms with Gasteiger partial charge in [0.05, 0.1) is 0 Å². The van der Waals surface area contributed by atoms with Crippen LogP contribution in [-0.4, -0.2) is 0 Å². The van der Waals surface area contributed by atoms with Crippen molar-refractivity contribution in [2.45, 2.75) is 24.7 Å². The quantitative estimate of drug-likeness (QED) is 0.162. The lowest BCUT2D eigenvalue weighted by atomic mass is 9.74. The molecular formula is C58H41NS. The lowest BCUT2D eigenvalue weighted by Gasteiger charge is -2.32. The summed E-state index contributed by atoms with van der Waals surface area (Å²) in [7, 11) is 0. The van der Waals surface area contributed by atoms with Crippen molar-refractivity contribution in [1.82, 2.24) is 0 Å². The van der Waals surface area contributed by atoms with Crippen LogP contribution in [0, 0.1) is 0 Å². The number of nitrogens with zero attached hydrogens (tertiary/aromatic N) is 1. The number of fused-ring (bicyclic) bond motifs is 9. The first-order chi connectivity index (χ1) is 29.5. The number of rotatable bonds is 6. The average molecular weight is 784 g/mol. The maximum atomic E-state index is 2.50. The molecule has 2 aliphatic rings. The lowest BCUT2D eigenvalue weighted by molar-refractivity contribution is 0.713. The van der Waals surface area contributed by atoms with Crippen LogP contribution in [-0.2, 0) is 10.8 Å². The highest BCUT2D eigenvalue weighted by molar-refractivity contribution is 7.25. The van der Waals surface area contributed by atoms with Crippen LogP contribution in [0.25, 0.3) is 53.6 Å². The van der Waals surface area contributed by atoms with E-state index in [2.05, 4.69) is 231 Å². The van der Waals surface area contributed by atoms with Gasteiger partial charge in [0.25, 0.3) is 0 Å². The van der Waals surface area contributed by atoms with Crippen molar-refractivity contribution in [3.63, 3.8) is 0 Å². The second-order valence-corrected chi connectivity index (χ2v) is 17.8. The standard InChI is InChI=1S/C58H41NS/c1-57(39-18-5-3-6-19-39)50-27-12-9-23-45(50)47-33-31-42(36-52(47)57)59(41-22-15-17-38(35-41)44-26-16-30-55-56(44)49-25-11-14-29-54(49)60-55)43-32-34-48-46-24-10-13-28-51(46)58(2,53(48)37-43)40-20-7-4-8-21-40/h3-37H,1-2H3. The number of hydrogen-bond acceptors (Lipinski definition) is 2. The van der Waals surface area contributed by atoms with Crippen LogP contribution in [0.4, 0.5) is 17.1 Å². The predicted molar refractivity (Wildman–Crippen MR) is 254 cm³/mol. The molecule has 0 saturated carbocycles. The van der Waals surface area contributed by atoms with Crippen LogP contribution in [0.3, 0.4) is 0 Å². The number of thiophene rings is 1. The zero-order valence-corrected chi connectivity index (χ0v) is 34.4. The Morgan fingerprint density at radius 3 is 1.43 bits per heavy atom. The molecule has 0 saturated heterocycles. The first-order valence-electron chi connectivity index (χ1n) is 20.9. The fraction of sp³-hybridized carbons (Fsp3) is 0.0690. The normalized spacial score (nSPS) is 17.3. The van der Waals surface area contributed by atoms with E-state index >= 15 is 0 Å². The number of anilines is 3. The minimum absolute atomic E-state index is 0.322. The Hall–Kier alpha value is -7.00. The first-order valence-corrected chi connectivity index (χ1v) is 21.7. The molecule has 1 nitrogen and oxygen atoms in total. The van der Waals surface area contributed by atoms with Gasteiger partial charge in [0, 0.05) is 48.1 Å². The Balaban J connectivity index is 1.10. The number of hydrogen-bond donors (Lipinski definition) is 0. The van der Waals surface area contributed by atoms with Gasteiger partial charge in [0.2, 0.25) is 0 Å². The van der Waals surface area contributed by atoms with E-state index in [1.54, 1.807) is 0 Å². The molecule has 0 amide bonds. The molecule has 10 aromatic rings. The van der Waals surface area contributed by atoms with Crippen LogP contribution in [0.15, 0.2) is 212 Å². The second-order valence-electron chi connectivity index (χ2n) is 16.7. The van der Waals surface area contributed by atoms with E-state index in [0.29, 0.717) is 0 Å². The summed E-state index contributed by atoms with van der Waals surface area (Å²) in [6.45, 7) is 4.82. The third kappa shape index (κ3) is 4.98. The average Bonchev–Trinajstić information content (AvgIpc) is 3.91. The molecule has 12 rings (SSSR count). The van der Waals surface area contributed by atoms with Crippen LogP contribution in [0.5, 0.6) is 0 Å². The lowest BCUT2D eigenvalue weighted by Crippen LogP contribution is -2.23. The SMILES string of the molecule is CC1(c2ccccc2)c2ccccc2-c2ccc(N(c3cccc(-c4cccc5sc6ccccc6c45)c3)c3ccc4c(c3)C(C)(c3ccccc3)c3ccccc3-4)cc21. The van der Waals surface area contributed by atoms with Crippen molar-refractivity contribution < 1.29 is 0 Å².